The van der Waals surface area contributed by atoms with Crippen molar-refractivity contribution in [3.8, 4) is 28.0 Å². The van der Waals surface area contributed by atoms with E-state index in [1.165, 1.54) is 12.8 Å². The third kappa shape index (κ3) is 6.75. The number of nitrogens with one attached hydrogen (secondary N) is 1. The van der Waals surface area contributed by atoms with E-state index in [0.29, 0.717) is 17.9 Å². The minimum Gasteiger partial charge on any atom is -0.492 e. The molecular weight excluding hydrogens is 488 g/mol. The Morgan fingerprint density at radius 3 is 2.44 bits per heavy atom. The Labute approximate surface area is 230 Å². The number of ether oxygens (including phenoxy) is 1. The highest BCUT2D eigenvalue weighted by molar-refractivity contribution is 5.96. The first-order chi connectivity index (χ1) is 18.7. The monoisotopic (exact) mass is 526 g/mol. The van der Waals surface area contributed by atoms with Crippen LogP contribution in [-0.4, -0.2) is 57.6 Å². The van der Waals surface area contributed by atoms with Crippen molar-refractivity contribution in [1.82, 2.24) is 29.8 Å². The molecule has 1 aliphatic rings. The number of rotatable bonds is 11. The van der Waals surface area contributed by atoms with Gasteiger partial charge in [0.05, 0.1) is 18.4 Å². The number of likely N-dealkylation sites (N-methyl/N-ethyl adjacent to an activating group) is 1. The van der Waals surface area contributed by atoms with Gasteiger partial charge in [-0.3, -0.25) is 14.2 Å². The van der Waals surface area contributed by atoms with Gasteiger partial charge in [0, 0.05) is 49.2 Å². The van der Waals surface area contributed by atoms with Gasteiger partial charge in [-0.2, -0.15) is 10.2 Å². The highest BCUT2D eigenvalue weighted by Crippen LogP contribution is 2.33. The van der Waals surface area contributed by atoms with Crippen LogP contribution in [0.4, 0.5) is 0 Å². The molecule has 2 aromatic carbocycles. The smallest absolute Gasteiger partial charge is 0.252 e. The zero-order chi connectivity index (χ0) is 27.5. The molecule has 204 valence electrons. The number of hydrogen-bond acceptors (Lipinski definition) is 5. The van der Waals surface area contributed by atoms with Gasteiger partial charge in [-0.25, -0.2) is 0 Å². The fourth-order valence-electron chi connectivity index (χ4n) is 4.62. The summed E-state index contributed by atoms with van der Waals surface area (Å²) in [5, 5.41) is 12.2. The number of carbonyl (C=O) groups is 1. The number of aromatic nitrogens is 4. The molecule has 8 nitrogen and oxygen atoms in total. The quantitative estimate of drug-likeness (QED) is 0.294. The van der Waals surface area contributed by atoms with Gasteiger partial charge < -0.3 is 15.0 Å². The number of aryl methyl sites for hydroxylation is 2. The maximum Gasteiger partial charge on any atom is 0.252 e. The second-order valence-corrected chi connectivity index (χ2v) is 11.0. The number of amides is 1. The molecule has 0 radical (unpaired) electrons. The predicted octanol–water partition coefficient (Wildman–Crippen LogP) is 5.10. The Hall–Kier alpha value is -3.91. The predicted molar refractivity (Wildman–Crippen MR) is 154 cm³/mol. The summed E-state index contributed by atoms with van der Waals surface area (Å²) in [4.78, 5) is 15.5. The molecule has 1 saturated carbocycles. The van der Waals surface area contributed by atoms with E-state index in [-0.39, 0.29) is 11.9 Å². The third-order valence-corrected chi connectivity index (χ3v) is 7.21. The zero-order valence-corrected chi connectivity index (χ0v) is 23.5. The number of carbonyl (C=O) groups excluding carboxylic acids is 1. The lowest BCUT2D eigenvalue weighted by molar-refractivity contribution is 0.0938. The molecule has 0 bridgehead atoms. The van der Waals surface area contributed by atoms with E-state index in [0.717, 1.165) is 52.4 Å². The zero-order valence-electron chi connectivity index (χ0n) is 23.5. The molecule has 1 fully saturated rings. The van der Waals surface area contributed by atoms with Crippen molar-refractivity contribution in [2.24, 2.45) is 13.0 Å². The number of hydrogen-bond donors (Lipinski definition) is 1. The average molecular weight is 527 g/mol. The van der Waals surface area contributed by atoms with E-state index in [2.05, 4.69) is 44.8 Å². The first kappa shape index (κ1) is 26.7. The van der Waals surface area contributed by atoms with E-state index >= 15 is 0 Å². The molecule has 8 heteroatoms. The summed E-state index contributed by atoms with van der Waals surface area (Å²) in [6, 6.07) is 11.9. The van der Waals surface area contributed by atoms with Crippen LogP contribution in [0.2, 0.25) is 0 Å². The fourth-order valence-corrected chi connectivity index (χ4v) is 4.62. The number of nitrogens with zero attached hydrogens (tertiary/aromatic N) is 5. The van der Waals surface area contributed by atoms with Crippen LogP contribution in [0.15, 0.2) is 61.2 Å². The van der Waals surface area contributed by atoms with Gasteiger partial charge in [-0.15, -0.1) is 0 Å². The molecule has 5 rings (SSSR count). The van der Waals surface area contributed by atoms with E-state index in [4.69, 9.17) is 4.74 Å². The van der Waals surface area contributed by atoms with Gasteiger partial charge in [0.15, 0.2) is 0 Å². The highest BCUT2D eigenvalue weighted by Gasteiger charge is 2.22. The Morgan fingerprint density at radius 2 is 1.77 bits per heavy atom. The molecule has 2 aromatic heterocycles. The molecule has 1 amide bonds. The SMILES string of the molecule is Cc1ccc(OCCN(C)C)cc1C(=O)N[C@H](C)c1cc(-c2cnn(C)c2)cc(-c2cnn(CC3CC3)c2)c1. The molecule has 1 aliphatic carbocycles. The minimum absolute atomic E-state index is 0.122. The Morgan fingerprint density at radius 1 is 1.05 bits per heavy atom. The molecule has 4 aromatic rings. The summed E-state index contributed by atoms with van der Waals surface area (Å²) in [6.07, 6.45) is 10.5. The van der Waals surface area contributed by atoms with E-state index < -0.39 is 0 Å². The summed E-state index contributed by atoms with van der Waals surface area (Å²) in [7, 11) is 5.93. The molecular formula is C31H38N6O2. The maximum atomic E-state index is 13.4. The maximum absolute atomic E-state index is 13.4. The Balaban J connectivity index is 1.39. The van der Waals surface area contributed by atoms with Crippen LogP contribution < -0.4 is 10.1 Å². The lowest BCUT2D eigenvalue weighted by Crippen LogP contribution is -2.27. The van der Waals surface area contributed by atoms with Gasteiger partial charge in [0.1, 0.15) is 12.4 Å². The molecule has 0 unspecified atom stereocenters. The van der Waals surface area contributed by atoms with Gasteiger partial charge in [0.25, 0.3) is 5.91 Å². The van der Waals surface area contributed by atoms with Crippen molar-refractivity contribution in [1.29, 1.82) is 0 Å². The Kier molecular flexibility index (Phi) is 7.84. The van der Waals surface area contributed by atoms with E-state index in [9.17, 15) is 4.79 Å². The van der Waals surface area contributed by atoms with Crippen LogP contribution in [-0.2, 0) is 13.6 Å². The van der Waals surface area contributed by atoms with Gasteiger partial charge in [0.2, 0.25) is 0 Å². The third-order valence-electron chi connectivity index (χ3n) is 7.21. The normalized spacial score (nSPS) is 14.0. The lowest BCUT2D eigenvalue weighted by Gasteiger charge is -2.18. The summed E-state index contributed by atoms with van der Waals surface area (Å²) in [5.41, 5.74) is 6.77. The van der Waals surface area contributed by atoms with Crippen molar-refractivity contribution in [2.75, 3.05) is 27.2 Å². The van der Waals surface area contributed by atoms with Crippen molar-refractivity contribution in [2.45, 2.75) is 39.3 Å². The molecule has 2 heterocycles. The van der Waals surface area contributed by atoms with E-state index in [1.54, 1.807) is 4.68 Å². The van der Waals surface area contributed by atoms with Crippen LogP contribution in [0.25, 0.3) is 22.3 Å². The lowest BCUT2D eigenvalue weighted by atomic mass is 9.96. The molecule has 1 N–H and O–H groups in total. The standard InChI is InChI=1S/C31H38N6O2/c1-21-6-9-29(39-11-10-35(3)4)15-30(21)31(38)34-22(2)24-12-25(27-16-32-36(5)19-27)14-26(13-24)28-17-33-37(20-28)18-23-7-8-23/h6,9,12-17,19-20,22-23H,7-8,10-11,18H2,1-5H3,(H,34,38)/t22-/m1/s1. The van der Waals surface area contributed by atoms with Crippen LogP contribution in [0.3, 0.4) is 0 Å². The average Bonchev–Trinajstić information content (AvgIpc) is 3.40. The first-order valence-electron chi connectivity index (χ1n) is 13.6. The van der Waals surface area contributed by atoms with Gasteiger partial charge in [-0.1, -0.05) is 6.07 Å². The van der Waals surface area contributed by atoms with Crippen molar-refractivity contribution in [3.63, 3.8) is 0 Å². The van der Waals surface area contributed by atoms with Crippen LogP contribution in [0, 0.1) is 12.8 Å². The van der Waals surface area contributed by atoms with Crippen LogP contribution in [0.5, 0.6) is 5.75 Å². The van der Waals surface area contributed by atoms with Crippen molar-refractivity contribution >= 4 is 5.91 Å². The van der Waals surface area contributed by atoms with Crippen LogP contribution >= 0.6 is 0 Å². The molecule has 0 saturated heterocycles. The molecule has 0 aliphatic heterocycles. The number of benzene rings is 2. The first-order valence-corrected chi connectivity index (χ1v) is 13.6. The Bertz CT molecular complexity index is 1450. The van der Waals surface area contributed by atoms with Crippen molar-refractivity contribution < 1.29 is 9.53 Å². The molecule has 1 atom stereocenters. The topological polar surface area (TPSA) is 77.2 Å². The summed E-state index contributed by atoms with van der Waals surface area (Å²) in [5.74, 6) is 1.33. The summed E-state index contributed by atoms with van der Waals surface area (Å²) >= 11 is 0. The van der Waals surface area contributed by atoms with Crippen molar-refractivity contribution in [3.05, 3.63) is 77.9 Å². The minimum atomic E-state index is -0.216. The second kappa shape index (κ2) is 11.5. The summed E-state index contributed by atoms with van der Waals surface area (Å²) < 4.78 is 9.73. The van der Waals surface area contributed by atoms with Gasteiger partial charge in [-0.05, 0) is 99.3 Å². The van der Waals surface area contributed by atoms with Gasteiger partial charge >= 0.3 is 0 Å². The van der Waals surface area contributed by atoms with Crippen LogP contribution in [0.1, 0.15) is 47.3 Å². The summed E-state index contributed by atoms with van der Waals surface area (Å²) in [6.45, 7) is 6.31. The molecule has 39 heavy (non-hydrogen) atoms. The largest absolute Gasteiger partial charge is 0.492 e. The molecule has 0 spiro atoms. The fraction of sp³-hybridized carbons (Fsp3) is 0.387. The highest BCUT2D eigenvalue weighted by atomic mass is 16.5. The van der Waals surface area contributed by atoms with E-state index in [1.807, 2.05) is 76.5 Å². The second-order valence-electron chi connectivity index (χ2n) is 11.0.